The smallest absolute Gasteiger partial charge is 0.255 e. The van der Waals surface area contributed by atoms with E-state index in [2.05, 4.69) is 54.4 Å². The molecule has 0 saturated carbocycles. The largest absolute Gasteiger partial charge is 0.322 e. The molecule has 0 unspecified atom stereocenters. The molecule has 1 fully saturated rings. The van der Waals surface area contributed by atoms with Crippen molar-refractivity contribution in [3.05, 3.63) is 94.3 Å². The number of hydrogen-bond donors (Lipinski definition) is 2. The van der Waals surface area contributed by atoms with Gasteiger partial charge in [-0.25, -0.2) is 14.4 Å². The van der Waals surface area contributed by atoms with Crippen LogP contribution in [-0.4, -0.2) is 68.7 Å². The number of carbonyl (C=O) groups is 1. The number of halogens is 1. The van der Waals surface area contributed by atoms with Crippen molar-refractivity contribution in [1.82, 2.24) is 29.5 Å². The lowest BCUT2D eigenvalue weighted by Gasteiger charge is -2.32. The van der Waals surface area contributed by atoms with Gasteiger partial charge >= 0.3 is 0 Å². The van der Waals surface area contributed by atoms with Crippen LogP contribution < -0.4 is 10.6 Å². The van der Waals surface area contributed by atoms with Crippen molar-refractivity contribution < 1.29 is 9.18 Å². The molecular weight excluding hydrogens is 531 g/mol. The fourth-order valence-corrected chi connectivity index (χ4v) is 4.62. The molecule has 2 aromatic heterocycles. The van der Waals surface area contributed by atoms with Gasteiger partial charge in [0.05, 0.1) is 16.9 Å². The van der Waals surface area contributed by atoms with Crippen LogP contribution in [0.4, 0.5) is 21.7 Å². The van der Waals surface area contributed by atoms with Crippen molar-refractivity contribution in [2.75, 3.05) is 43.9 Å². The highest BCUT2D eigenvalue weighted by atomic mass is 19.1. The summed E-state index contributed by atoms with van der Waals surface area (Å²) in [5.74, 6) is 6.00. The first-order chi connectivity index (χ1) is 20.3. The van der Waals surface area contributed by atoms with Crippen LogP contribution in [-0.2, 0) is 13.1 Å². The second-order valence-corrected chi connectivity index (χ2v) is 10.5. The summed E-state index contributed by atoms with van der Waals surface area (Å²) in [5, 5.41) is 10.4. The van der Waals surface area contributed by atoms with Crippen LogP contribution in [0.15, 0.2) is 55.0 Å². The summed E-state index contributed by atoms with van der Waals surface area (Å²) in [5.41, 5.74) is 5.48. The molecular formula is C32H35FN8O. The van der Waals surface area contributed by atoms with Gasteiger partial charge in [0.1, 0.15) is 5.82 Å². The van der Waals surface area contributed by atoms with Crippen molar-refractivity contribution in [3.8, 4) is 11.8 Å². The molecule has 0 bridgehead atoms. The molecule has 10 heteroatoms. The molecule has 42 heavy (non-hydrogen) atoms. The Balaban J connectivity index is 1.22. The lowest BCUT2D eigenvalue weighted by molar-refractivity contribution is 0.102. The minimum atomic E-state index is -0.329. The predicted octanol–water partition coefficient (Wildman–Crippen LogP) is 4.59. The van der Waals surface area contributed by atoms with Gasteiger partial charge in [-0.15, -0.1) is 0 Å². The fourth-order valence-electron chi connectivity index (χ4n) is 4.62. The molecule has 2 N–H and O–H groups in total. The quantitative estimate of drug-likeness (QED) is 0.316. The van der Waals surface area contributed by atoms with E-state index in [0.717, 1.165) is 49.7 Å². The number of anilines is 3. The molecule has 4 aromatic rings. The Labute approximate surface area is 245 Å². The van der Waals surface area contributed by atoms with E-state index in [0.29, 0.717) is 40.4 Å². The number of rotatable bonds is 7. The standard InChI is InChI=1S/C32H35FN8O/c1-5-41-21-30(23(3)38-41)37-32-34-18-24(19-35-32)7-9-25-16-26(8-6-22(25)2)31(42)36-28-11-10-27(29(33)17-28)20-40-14-12-39(4)13-15-40/h6,8,10-11,16-19,21H,5,12-15,20H2,1-4H3,(H,36,42)(H,34,35,37). The highest BCUT2D eigenvalue weighted by molar-refractivity contribution is 6.04. The molecule has 0 aliphatic carbocycles. The van der Waals surface area contributed by atoms with E-state index in [4.69, 9.17) is 0 Å². The van der Waals surface area contributed by atoms with E-state index >= 15 is 0 Å². The maximum absolute atomic E-state index is 14.9. The SMILES string of the molecule is CCn1cc(Nc2ncc(C#Cc3cc(C(=O)Nc4ccc(CN5CCN(C)CC5)c(F)c4)ccc3C)cn2)c(C)n1. The zero-order valence-electron chi connectivity index (χ0n) is 24.4. The number of piperazine rings is 1. The van der Waals surface area contributed by atoms with Crippen molar-refractivity contribution in [2.24, 2.45) is 0 Å². The third-order valence-corrected chi connectivity index (χ3v) is 7.31. The third-order valence-electron chi connectivity index (χ3n) is 7.31. The van der Waals surface area contributed by atoms with Gasteiger partial charge in [-0.05, 0) is 57.6 Å². The second-order valence-electron chi connectivity index (χ2n) is 10.5. The lowest BCUT2D eigenvalue weighted by Crippen LogP contribution is -2.44. The van der Waals surface area contributed by atoms with E-state index in [1.807, 2.05) is 37.7 Å². The van der Waals surface area contributed by atoms with Gasteiger partial charge in [-0.1, -0.05) is 24.0 Å². The normalized spacial score (nSPS) is 13.8. The van der Waals surface area contributed by atoms with E-state index in [1.54, 1.807) is 36.7 Å². The lowest BCUT2D eigenvalue weighted by atomic mass is 10.0. The first-order valence-electron chi connectivity index (χ1n) is 14.0. The minimum Gasteiger partial charge on any atom is -0.322 e. The Morgan fingerprint density at radius 1 is 1.02 bits per heavy atom. The molecule has 9 nitrogen and oxygen atoms in total. The Morgan fingerprint density at radius 2 is 1.79 bits per heavy atom. The first kappa shape index (κ1) is 28.9. The van der Waals surface area contributed by atoms with Crippen LogP contribution in [0.25, 0.3) is 0 Å². The number of nitrogens with one attached hydrogen (secondary N) is 2. The van der Waals surface area contributed by atoms with E-state index in [-0.39, 0.29) is 11.7 Å². The number of amides is 1. The monoisotopic (exact) mass is 566 g/mol. The van der Waals surface area contributed by atoms with Gasteiger partial charge in [0.15, 0.2) is 0 Å². The number of aryl methyl sites for hydroxylation is 3. The first-order valence-corrected chi connectivity index (χ1v) is 14.0. The van der Waals surface area contributed by atoms with Gasteiger partial charge in [0, 0.05) is 80.2 Å². The summed E-state index contributed by atoms with van der Waals surface area (Å²) >= 11 is 0. The summed E-state index contributed by atoms with van der Waals surface area (Å²) in [6.07, 6.45) is 5.21. The maximum atomic E-state index is 14.9. The van der Waals surface area contributed by atoms with E-state index in [9.17, 15) is 9.18 Å². The highest BCUT2D eigenvalue weighted by Gasteiger charge is 2.16. The van der Waals surface area contributed by atoms with Crippen molar-refractivity contribution in [2.45, 2.75) is 33.9 Å². The number of hydrogen-bond acceptors (Lipinski definition) is 7. The number of benzene rings is 2. The molecule has 0 spiro atoms. The summed E-state index contributed by atoms with van der Waals surface area (Å²) in [6.45, 7) is 11.0. The Morgan fingerprint density at radius 3 is 2.48 bits per heavy atom. The average Bonchev–Trinajstić information content (AvgIpc) is 3.34. The van der Waals surface area contributed by atoms with Crippen molar-refractivity contribution >= 4 is 23.2 Å². The van der Waals surface area contributed by atoms with Gasteiger partial charge in [0.25, 0.3) is 5.91 Å². The second kappa shape index (κ2) is 12.9. The van der Waals surface area contributed by atoms with Crippen LogP contribution >= 0.6 is 0 Å². The zero-order chi connectivity index (χ0) is 29.6. The molecule has 1 amide bonds. The average molecular weight is 567 g/mol. The predicted molar refractivity (Wildman–Crippen MR) is 162 cm³/mol. The molecule has 2 aromatic carbocycles. The summed E-state index contributed by atoms with van der Waals surface area (Å²) in [7, 11) is 2.09. The van der Waals surface area contributed by atoms with Gasteiger partial charge < -0.3 is 15.5 Å². The number of likely N-dealkylation sites (N-methyl/N-ethyl adjacent to an activating group) is 1. The van der Waals surface area contributed by atoms with Crippen LogP contribution in [0.1, 0.15) is 45.2 Å². The molecule has 0 radical (unpaired) electrons. The molecule has 1 aliphatic heterocycles. The number of aromatic nitrogens is 4. The Hall–Kier alpha value is -4.59. The Bertz CT molecular complexity index is 1630. The minimum absolute atomic E-state index is 0.322. The van der Waals surface area contributed by atoms with Crippen LogP contribution in [0, 0.1) is 31.5 Å². The van der Waals surface area contributed by atoms with Crippen molar-refractivity contribution in [3.63, 3.8) is 0 Å². The van der Waals surface area contributed by atoms with E-state index in [1.165, 1.54) is 6.07 Å². The van der Waals surface area contributed by atoms with Crippen molar-refractivity contribution in [1.29, 1.82) is 0 Å². The van der Waals surface area contributed by atoms with Crippen LogP contribution in [0.5, 0.6) is 0 Å². The topological polar surface area (TPSA) is 91.2 Å². The molecule has 0 atom stereocenters. The molecule has 1 saturated heterocycles. The summed E-state index contributed by atoms with van der Waals surface area (Å²) in [4.78, 5) is 26.2. The van der Waals surface area contributed by atoms with Gasteiger partial charge in [-0.2, -0.15) is 5.10 Å². The highest BCUT2D eigenvalue weighted by Crippen LogP contribution is 2.20. The van der Waals surface area contributed by atoms with Gasteiger partial charge in [0.2, 0.25) is 5.95 Å². The zero-order valence-corrected chi connectivity index (χ0v) is 24.4. The molecule has 216 valence electrons. The molecule has 3 heterocycles. The van der Waals surface area contributed by atoms with Crippen LogP contribution in [0.2, 0.25) is 0 Å². The fraction of sp³-hybridized carbons (Fsp3) is 0.312. The summed E-state index contributed by atoms with van der Waals surface area (Å²) < 4.78 is 16.7. The maximum Gasteiger partial charge on any atom is 0.255 e. The molecule has 5 rings (SSSR count). The van der Waals surface area contributed by atoms with E-state index < -0.39 is 0 Å². The number of carbonyl (C=O) groups excluding carboxylic acids is 1. The number of nitrogens with zero attached hydrogens (tertiary/aromatic N) is 6. The van der Waals surface area contributed by atoms with Gasteiger partial charge in [-0.3, -0.25) is 14.4 Å². The summed E-state index contributed by atoms with van der Waals surface area (Å²) in [6, 6.07) is 10.2. The van der Waals surface area contributed by atoms with Crippen LogP contribution in [0.3, 0.4) is 0 Å². The molecule has 1 aliphatic rings. The third kappa shape index (κ3) is 7.18. The Kier molecular flexibility index (Phi) is 8.91.